The Morgan fingerprint density at radius 2 is 2.28 bits per heavy atom. The van der Waals surface area contributed by atoms with Crippen LogP contribution in [0, 0.1) is 10.1 Å². The molecule has 0 saturated carbocycles. The smallest absolute Gasteiger partial charge is 0.282 e. The fourth-order valence-corrected chi connectivity index (χ4v) is 1.76. The van der Waals surface area contributed by atoms with Crippen molar-refractivity contribution in [3.63, 3.8) is 0 Å². The van der Waals surface area contributed by atoms with Crippen molar-refractivity contribution in [1.82, 2.24) is 5.32 Å². The summed E-state index contributed by atoms with van der Waals surface area (Å²) in [5.74, 6) is -0.542. The molecule has 1 aromatic carbocycles. The highest BCUT2D eigenvalue weighted by Gasteiger charge is 2.20. The number of hydrogen-bond donors (Lipinski definition) is 1. The summed E-state index contributed by atoms with van der Waals surface area (Å²) < 4.78 is 0. The number of nitro benzene ring substituents is 1. The maximum Gasteiger partial charge on any atom is 0.282 e. The number of carbonyl (C=O) groups is 1. The summed E-state index contributed by atoms with van der Waals surface area (Å²) in [4.78, 5) is 22.8. The summed E-state index contributed by atoms with van der Waals surface area (Å²) in [6.45, 7) is 3.50. The standard InChI is InChI=1S/C11H11ClN2O3S/c1-7(12)6-13-11(15)9-5-8(18-2)3-4-10(9)14(16)17/h3-5H,1,6H2,2H3,(H,13,15). The summed E-state index contributed by atoms with van der Waals surface area (Å²) >= 11 is 6.92. The van der Waals surface area contributed by atoms with Gasteiger partial charge in [-0.2, -0.15) is 0 Å². The molecule has 96 valence electrons. The van der Waals surface area contributed by atoms with Crippen molar-refractivity contribution in [2.24, 2.45) is 0 Å². The Morgan fingerprint density at radius 3 is 2.78 bits per heavy atom. The van der Waals surface area contributed by atoms with Gasteiger partial charge in [0, 0.05) is 16.0 Å². The van der Waals surface area contributed by atoms with Crippen LogP contribution >= 0.6 is 23.4 Å². The summed E-state index contributed by atoms with van der Waals surface area (Å²) in [5, 5.41) is 13.6. The first kappa shape index (κ1) is 14.5. The molecule has 0 spiro atoms. The van der Waals surface area contributed by atoms with E-state index in [0.29, 0.717) is 0 Å². The van der Waals surface area contributed by atoms with Gasteiger partial charge in [0.15, 0.2) is 0 Å². The lowest BCUT2D eigenvalue weighted by atomic mass is 10.1. The van der Waals surface area contributed by atoms with E-state index in [1.807, 2.05) is 6.26 Å². The van der Waals surface area contributed by atoms with Crippen molar-refractivity contribution in [3.05, 3.63) is 45.5 Å². The zero-order chi connectivity index (χ0) is 13.7. The van der Waals surface area contributed by atoms with Crippen LogP contribution < -0.4 is 5.32 Å². The number of thioether (sulfide) groups is 1. The lowest BCUT2D eigenvalue weighted by molar-refractivity contribution is -0.385. The highest BCUT2D eigenvalue weighted by atomic mass is 35.5. The normalized spacial score (nSPS) is 9.89. The van der Waals surface area contributed by atoms with Crippen LogP contribution in [0.1, 0.15) is 10.4 Å². The fourth-order valence-electron chi connectivity index (χ4n) is 1.25. The third-order valence-electron chi connectivity index (χ3n) is 2.09. The van der Waals surface area contributed by atoms with Gasteiger partial charge in [-0.25, -0.2) is 0 Å². The minimum atomic E-state index is -0.589. The third kappa shape index (κ3) is 3.75. The highest BCUT2D eigenvalue weighted by Crippen LogP contribution is 2.24. The Hall–Kier alpha value is -1.53. The molecule has 0 saturated heterocycles. The Labute approximate surface area is 113 Å². The molecule has 0 radical (unpaired) electrons. The average Bonchev–Trinajstić information content (AvgIpc) is 2.34. The van der Waals surface area contributed by atoms with Crippen molar-refractivity contribution >= 4 is 35.0 Å². The molecule has 0 unspecified atom stereocenters. The van der Waals surface area contributed by atoms with E-state index in [-0.39, 0.29) is 22.8 Å². The number of nitrogens with one attached hydrogen (secondary N) is 1. The lowest BCUT2D eigenvalue weighted by Crippen LogP contribution is -2.25. The maximum atomic E-state index is 11.8. The zero-order valence-electron chi connectivity index (χ0n) is 9.60. The molecule has 1 rings (SSSR count). The number of nitrogens with zero attached hydrogens (tertiary/aromatic N) is 1. The van der Waals surface area contributed by atoms with Crippen molar-refractivity contribution < 1.29 is 9.72 Å². The molecule has 5 nitrogen and oxygen atoms in total. The molecule has 0 heterocycles. The van der Waals surface area contributed by atoms with Gasteiger partial charge in [0.05, 0.1) is 11.5 Å². The monoisotopic (exact) mass is 286 g/mol. The number of halogens is 1. The minimum Gasteiger partial charge on any atom is -0.347 e. The molecular weight excluding hydrogens is 276 g/mol. The first-order valence-electron chi connectivity index (χ1n) is 4.89. The van der Waals surface area contributed by atoms with Crippen LogP contribution in [0.2, 0.25) is 0 Å². The molecule has 0 aliphatic carbocycles. The quantitative estimate of drug-likeness (QED) is 0.513. The first-order valence-corrected chi connectivity index (χ1v) is 6.50. The van der Waals surface area contributed by atoms with E-state index < -0.39 is 10.8 Å². The summed E-state index contributed by atoms with van der Waals surface area (Å²) in [6, 6.07) is 4.39. The van der Waals surface area contributed by atoms with Crippen LogP contribution in [0.5, 0.6) is 0 Å². The summed E-state index contributed by atoms with van der Waals surface area (Å²) in [7, 11) is 0. The Balaban J connectivity index is 3.06. The predicted molar refractivity (Wildman–Crippen MR) is 72.2 cm³/mol. The van der Waals surface area contributed by atoms with Crippen LogP contribution in [0.15, 0.2) is 34.7 Å². The highest BCUT2D eigenvalue weighted by molar-refractivity contribution is 7.98. The predicted octanol–water partition coefficient (Wildman–Crippen LogP) is 2.80. The molecular formula is C11H11ClN2O3S. The van der Waals surface area contributed by atoms with Crippen LogP contribution in [0.25, 0.3) is 0 Å². The van der Waals surface area contributed by atoms with Gasteiger partial charge in [-0.05, 0) is 18.4 Å². The van der Waals surface area contributed by atoms with E-state index in [2.05, 4.69) is 11.9 Å². The number of benzene rings is 1. The molecule has 0 atom stereocenters. The SMILES string of the molecule is C=C(Cl)CNC(=O)c1cc(SC)ccc1[N+](=O)[O-]. The van der Waals surface area contributed by atoms with E-state index >= 15 is 0 Å². The molecule has 0 fully saturated rings. The van der Waals surface area contributed by atoms with Gasteiger partial charge in [0.1, 0.15) is 5.56 Å². The molecule has 0 bridgehead atoms. The van der Waals surface area contributed by atoms with E-state index in [0.717, 1.165) is 4.90 Å². The van der Waals surface area contributed by atoms with Gasteiger partial charge in [-0.1, -0.05) is 18.2 Å². The number of amides is 1. The lowest BCUT2D eigenvalue weighted by Gasteiger charge is -2.06. The second kappa shape index (κ2) is 6.42. The van der Waals surface area contributed by atoms with Crippen LogP contribution in [0.3, 0.4) is 0 Å². The van der Waals surface area contributed by atoms with Gasteiger partial charge in [-0.3, -0.25) is 14.9 Å². The second-order valence-corrected chi connectivity index (χ2v) is 4.75. The molecule has 1 amide bonds. The zero-order valence-corrected chi connectivity index (χ0v) is 11.2. The van der Waals surface area contributed by atoms with Gasteiger partial charge in [0.25, 0.3) is 11.6 Å². The fraction of sp³-hybridized carbons (Fsp3) is 0.182. The van der Waals surface area contributed by atoms with Crippen molar-refractivity contribution in [1.29, 1.82) is 0 Å². The molecule has 0 aliphatic heterocycles. The molecule has 1 N–H and O–H groups in total. The van der Waals surface area contributed by atoms with Gasteiger partial charge in [-0.15, -0.1) is 11.8 Å². The minimum absolute atomic E-state index is 0.0183. The maximum absolute atomic E-state index is 11.8. The Bertz CT molecular complexity index is 505. The number of carbonyl (C=O) groups excluding carboxylic acids is 1. The summed E-state index contributed by atoms with van der Waals surface area (Å²) in [6.07, 6.45) is 1.82. The topological polar surface area (TPSA) is 72.2 Å². The van der Waals surface area contributed by atoms with E-state index in [1.165, 1.54) is 23.9 Å². The number of nitro groups is 1. The Morgan fingerprint density at radius 1 is 1.61 bits per heavy atom. The molecule has 7 heteroatoms. The van der Waals surface area contributed by atoms with Crippen molar-refractivity contribution in [3.8, 4) is 0 Å². The van der Waals surface area contributed by atoms with Gasteiger partial charge < -0.3 is 5.32 Å². The van der Waals surface area contributed by atoms with E-state index in [9.17, 15) is 14.9 Å². The van der Waals surface area contributed by atoms with Gasteiger partial charge in [0.2, 0.25) is 0 Å². The molecule has 0 aliphatic rings. The average molecular weight is 287 g/mol. The number of rotatable bonds is 5. The van der Waals surface area contributed by atoms with Crippen LogP contribution in [-0.4, -0.2) is 23.6 Å². The van der Waals surface area contributed by atoms with Crippen LogP contribution in [0.4, 0.5) is 5.69 Å². The molecule has 18 heavy (non-hydrogen) atoms. The van der Waals surface area contributed by atoms with E-state index in [1.54, 1.807) is 6.07 Å². The first-order chi connectivity index (χ1) is 8.45. The van der Waals surface area contributed by atoms with Gasteiger partial charge >= 0.3 is 0 Å². The van der Waals surface area contributed by atoms with Crippen molar-refractivity contribution in [2.45, 2.75) is 4.90 Å². The second-order valence-electron chi connectivity index (χ2n) is 3.34. The number of hydrogen-bond acceptors (Lipinski definition) is 4. The van der Waals surface area contributed by atoms with Crippen LogP contribution in [-0.2, 0) is 0 Å². The molecule has 0 aromatic heterocycles. The summed E-state index contributed by atoms with van der Waals surface area (Å²) in [5.41, 5.74) is -0.213. The largest absolute Gasteiger partial charge is 0.347 e. The van der Waals surface area contributed by atoms with Crippen molar-refractivity contribution in [2.75, 3.05) is 12.8 Å². The molecule has 1 aromatic rings. The third-order valence-corrected chi connectivity index (χ3v) is 2.94. The Kier molecular flexibility index (Phi) is 5.18. The van der Waals surface area contributed by atoms with E-state index in [4.69, 9.17) is 11.6 Å².